The number of benzene rings is 2. The minimum atomic E-state index is -0.432. The summed E-state index contributed by atoms with van der Waals surface area (Å²) < 4.78 is 25.0. The number of nitrogens with zero attached hydrogens (tertiary/aromatic N) is 2. The van der Waals surface area contributed by atoms with E-state index in [1.807, 2.05) is 36.6 Å². The van der Waals surface area contributed by atoms with Crippen molar-refractivity contribution < 1.29 is 23.7 Å². The van der Waals surface area contributed by atoms with Crippen LogP contribution in [0.5, 0.6) is 17.2 Å². The zero-order valence-electron chi connectivity index (χ0n) is 17.6. The third-order valence-electron chi connectivity index (χ3n) is 4.47. The quantitative estimate of drug-likeness (QED) is 0.482. The predicted octanol–water partition coefficient (Wildman–Crippen LogP) is 3.90. The van der Waals surface area contributed by atoms with Gasteiger partial charge in [-0.25, -0.2) is 0 Å². The first-order valence-corrected chi connectivity index (χ1v) is 10.6. The maximum Gasteiger partial charge on any atom is 0.287 e. The van der Waals surface area contributed by atoms with E-state index in [4.69, 9.17) is 18.9 Å². The summed E-state index contributed by atoms with van der Waals surface area (Å²) in [5.41, 5.74) is 1.20. The lowest BCUT2D eigenvalue weighted by atomic mass is 10.1. The molecule has 7 nitrogen and oxygen atoms in total. The van der Waals surface area contributed by atoms with Crippen LogP contribution < -0.4 is 19.0 Å². The minimum absolute atomic E-state index is 0.293. The number of methoxy groups -OCH3 is 2. The molecular formula is C22H26N2O5S. The highest BCUT2D eigenvalue weighted by atomic mass is 32.1. The number of ether oxygens (including phenoxy) is 4. The van der Waals surface area contributed by atoms with Crippen LogP contribution in [0.4, 0.5) is 0 Å². The second-order valence-electron chi connectivity index (χ2n) is 6.22. The molecule has 0 aliphatic heterocycles. The number of hydrogen-bond acceptors (Lipinski definition) is 6. The molecule has 0 fully saturated rings. The lowest BCUT2D eigenvalue weighted by Crippen LogP contribution is -2.20. The molecule has 0 spiro atoms. The zero-order valence-corrected chi connectivity index (χ0v) is 18.5. The molecule has 2 aromatic carbocycles. The van der Waals surface area contributed by atoms with Crippen LogP contribution in [-0.4, -0.2) is 44.5 Å². The van der Waals surface area contributed by atoms with Crippen molar-refractivity contribution in [1.29, 1.82) is 0 Å². The Hall–Kier alpha value is -2.84. The molecule has 0 aliphatic carbocycles. The summed E-state index contributed by atoms with van der Waals surface area (Å²) in [6.07, 6.45) is 0. The third kappa shape index (κ3) is 4.49. The Labute approximate surface area is 179 Å². The highest BCUT2D eigenvalue weighted by molar-refractivity contribution is 7.16. The molecule has 0 saturated heterocycles. The van der Waals surface area contributed by atoms with Crippen LogP contribution in [0.15, 0.2) is 41.4 Å². The van der Waals surface area contributed by atoms with Crippen molar-refractivity contribution in [2.75, 3.05) is 34.0 Å². The first-order chi connectivity index (χ1) is 14.6. The molecule has 8 heteroatoms. The van der Waals surface area contributed by atoms with Gasteiger partial charge >= 0.3 is 0 Å². The monoisotopic (exact) mass is 430 g/mol. The fourth-order valence-corrected chi connectivity index (χ4v) is 4.24. The van der Waals surface area contributed by atoms with E-state index >= 15 is 0 Å². The van der Waals surface area contributed by atoms with Crippen molar-refractivity contribution in [2.45, 2.75) is 20.4 Å². The molecule has 0 aliphatic rings. The highest BCUT2D eigenvalue weighted by Gasteiger charge is 2.19. The van der Waals surface area contributed by atoms with E-state index in [-0.39, 0.29) is 0 Å². The number of amides is 1. The number of carbonyl (C=O) groups is 1. The van der Waals surface area contributed by atoms with Crippen molar-refractivity contribution in [2.24, 2.45) is 4.99 Å². The summed E-state index contributed by atoms with van der Waals surface area (Å²) in [6.45, 7) is 6.10. The van der Waals surface area contributed by atoms with Gasteiger partial charge in [-0.2, -0.15) is 4.99 Å². The van der Waals surface area contributed by atoms with Gasteiger partial charge in [0.15, 0.2) is 4.80 Å². The molecular weight excluding hydrogens is 404 g/mol. The van der Waals surface area contributed by atoms with Gasteiger partial charge in [-0.15, -0.1) is 0 Å². The van der Waals surface area contributed by atoms with Crippen molar-refractivity contribution in [3.05, 3.63) is 46.8 Å². The van der Waals surface area contributed by atoms with Gasteiger partial charge in [-0.3, -0.25) is 4.79 Å². The normalized spacial score (nSPS) is 11.7. The van der Waals surface area contributed by atoms with Crippen LogP contribution in [0.25, 0.3) is 10.2 Å². The summed E-state index contributed by atoms with van der Waals surface area (Å²) in [5.74, 6) is 1.16. The van der Waals surface area contributed by atoms with Crippen LogP contribution in [0.1, 0.15) is 24.2 Å². The molecule has 3 aromatic rings. The predicted molar refractivity (Wildman–Crippen MR) is 117 cm³/mol. The van der Waals surface area contributed by atoms with E-state index in [1.165, 1.54) is 25.6 Å². The number of thiazole rings is 1. The fourth-order valence-electron chi connectivity index (χ4n) is 3.17. The zero-order chi connectivity index (χ0) is 21.5. The lowest BCUT2D eigenvalue weighted by molar-refractivity contribution is 0.0990. The Morgan fingerprint density at radius 3 is 2.30 bits per heavy atom. The van der Waals surface area contributed by atoms with Gasteiger partial charge in [0.25, 0.3) is 5.91 Å². The molecule has 0 unspecified atom stereocenters. The van der Waals surface area contributed by atoms with E-state index in [0.29, 0.717) is 48.2 Å². The van der Waals surface area contributed by atoms with E-state index in [9.17, 15) is 4.79 Å². The molecule has 1 aromatic heterocycles. The van der Waals surface area contributed by atoms with Gasteiger partial charge < -0.3 is 23.5 Å². The largest absolute Gasteiger partial charge is 0.496 e. The number of para-hydroxylation sites is 1. The number of hydrogen-bond donors (Lipinski definition) is 0. The molecule has 1 heterocycles. The molecule has 1 amide bonds. The standard InChI is InChI=1S/C22H26N2O5S/c1-5-28-14-13-24-20-17(29-6-2)11-8-12-18(20)30-22(24)23-21(25)19-15(26-3)9-7-10-16(19)27-4/h7-12H,5-6,13-14H2,1-4H3. The summed E-state index contributed by atoms with van der Waals surface area (Å²) in [6, 6.07) is 11.0. The molecule has 30 heavy (non-hydrogen) atoms. The Bertz CT molecular complexity index is 1060. The highest BCUT2D eigenvalue weighted by Crippen LogP contribution is 2.30. The van der Waals surface area contributed by atoms with Crippen LogP contribution in [0, 0.1) is 0 Å². The van der Waals surface area contributed by atoms with Gasteiger partial charge in [-0.1, -0.05) is 23.5 Å². The minimum Gasteiger partial charge on any atom is -0.496 e. The average molecular weight is 431 g/mol. The lowest BCUT2D eigenvalue weighted by Gasteiger charge is -2.11. The summed E-state index contributed by atoms with van der Waals surface area (Å²) >= 11 is 1.43. The van der Waals surface area contributed by atoms with Gasteiger partial charge in [0, 0.05) is 13.2 Å². The molecule has 160 valence electrons. The molecule has 0 atom stereocenters. The Kier molecular flexibility index (Phi) is 7.48. The van der Waals surface area contributed by atoms with Crippen molar-refractivity contribution >= 4 is 27.5 Å². The SMILES string of the molecule is CCOCCn1c(=NC(=O)c2c(OC)cccc2OC)sc2cccc(OCC)c21. The van der Waals surface area contributed by atoms with Gasteiger partial charge in [0.2, 0.25) is 0 Å². The summed E-state index contributed by atoms with van der Waals surface area (Å²) in [7, 11) is 3.03. The van der Waals surface area contributed by atoms with Gasteiger partial charge in [0.05, 0.1) is 32.1 Å². The van der Waals surface area contributed by atoms with Gasteiger partial charge in [-0.05, 0) is 38.1 Å². The molecule has 0 N–H and O–H groups in total. The Morgan fingerprint density at radius 1 is 1.00 bits per heavy atom. The van der Waals surface area contributed by atoms with E-state index in [2.05, 4.69) is 4.99 Å². The average Bonchev–Trinajstić information content (AvgIpc) is 3.11. The van der Waals surface area contributed by atoms with Crippen LogP contribution in [-0.2, 0) is 11.3 Å². The second kappa shape index (κ2) is 10.3. The molecule has 0 saturated carbocycles. The third-order valence-corrected chi connectivity index (χ3v) is 5.51. The Morgan fingerprint density at radius 2 is 1.67 bits per heavy atom. The molecule has 0 bridgehead atoms. The van der Waals surface area contributed by atoms with E-state index in [1.54, 1.807) is 18.2 Å². The van der Waals surface area contributed by atoms with Crippen LogP contribution in [0.3, 0.4) is 0 Å². The summed E-state index contributed by atoms with van der Waals surface area (Å²) in [5, 5.41) is 0. The number of aromatic nitrogens is 1. The first-order valence-electron chi connectivity index (χ1n) is 9.77. The molecule has 3 rings (SSSR count). The maximum absolute atomic E-state index is 13.1. The molecule has 0 radical (unpaired) electrons. The van der Waals surface area contributed by atoms with Crippen LogP contribution >= 0.6 is 11.3 Å². The Balaban J connectivity index is 2.17. The second-order valence-corrected chi connectivity index (χ2v) is 7.23. The smallest absolute Gasteiger partial charge is 0.287 e. The van der Waals surface area contributed by atoms with E-state index < -0.39 is 5.91 Å². The fraction of sp³-hybridized carbons (Fsp3) is 0.364. The van der Waals surface area contributed by atoms with Crippen molar-refractivity contribution in [1.82, 2.24) is 4.57 Å². The summed E-state index contributed by atoms with van der Waals surface area (Å²) in [4.78, 5) is 18.1. The van der Waals surface area contributed by atoms with Crippen molar-refractivity contribution in [3.63, 3.8) is 0 Å². The first kappa shape index (κ1) is 21.9. The number of rotatable bonds is 9. The number of carbonyl (C=O) groups excluding carboxylic acids is 1. The maximum atomic E-state index is 13.1. The van der Waals surface area contributed by atoms with Crippen LogP contribution in [0.2, 0.25) is 0 Å². The van der Waals surface area contributed by atoms with E-state index in [0.717, 1.165) is 16.0 Å². The van der Waals surface area contributed by atoms with Gasteiger partial charge in [0.1, 0.15) is 28.3 Å². The topological polar surface area (TPSA) is 71.3 Å². The number of fused-ring (bicyclic) bond motifs is 1. The van der Waals surface area contributed by atoms with Crippen molar-refractivity contribution in [3.8, 4) is 17.2 Å².